The maximum Gasteiger partial charge on any atom is 0.136 e. The van der Waals surface area contributed by atoms with Gasteiger partial charge >= 0.3 is 0 Å². The maximum atomic E-state index is 12.2. The molecule has 0 aliphatic heterocycles. The molecule has 1 nitrogen and oxygen atoms in total. The lowest BCUT2D eigenvalue weighted by Gasteiger charge is -2.25. The molecule has 3 rings (SSSR count). The second-order valence-corrected chi connectivity index (χ2v) is 8.79. The van der Waals surface area contributed by atoms with Crippen molar-refractivity contribution in [3.63, 3.8) is 0 Å². The highest BCUT2D eigenvalue weighted by Crippen LogP contribution is 2.40. The summed E-state index contributed by atoms with van der Waals surface area (Å²) in [6.45, 7) is 0. The Morgan fingerprint density at radius 1 is 0.870 bits per heavy atom. The SMILES string of the molecule is O=C1CCCCC1CC(Sc1ccccc1)Sc1ccccc1. The molecule has 0 radical (unpaired) electrons. The lowest BCUT2D eigenvalue weighted by Crippen LogP contribution is -2.21. The normalized spacial score (nSPS) is 18.3. The highest BCUT2D eigenvalue weighted by Gasteiger charge is 2.26. The van der Waals surface area contributed by atoms with E-state index in [1.54, 1.807) is 0 Å². The zero-order valence-electron chi connectivity index (χ0n) is 13.2. The molecule has 0 bridgehead atoms. The van der Waals surface area contributed by atoms with E-state index in [0.29, 0.717) is 10.4 Å². The molecule has 0 spiro atoms. The molecule has 0 N–H and O–H groups in total. The van der Waals surface area contributed by atoms with Crippen molar-refractivity contribution in [3.8, 4) is 0 Å². The molecule has 1 saturated carbocycles. The second-order valence-electron chi connectivity index (χ2n) is 5.94. The average molecular weight is 343 g/mol. The molecular formula is C20H22OS2. The second kappa shape index (κ2) is 8.60. The molecule has 1 aliphatic carbocycles. The summed E-state index contributed by atoms with van der Waals surface area (Å²) < 4.78 is 0.381. The molecular weight excluding hydrogens is 320 g/mol. The molecule has 1 atom stereocenters. The fourth-order valence-electron chi connectivity index (χ4n) is 2.96. The molecule has 1 fully saturated rings. The number of benzene rings is 2. The third kappa shape index (κ3) is 5.15. The van der Waals surface area contributed by atoms with Gasteiger partial charge in [-0.05, 0) is 43.5 Å². The lowest BCUT2D eigenvalue weighted by atomic mass is 9.86. The fraction of sp³-hybridized carbons (Fsp3) is 0.350. The summed E-state index contributed by atoms with van der Waals surface area (Å²) in [5.41, 5.74) is 0. The van der Waals surface area contributed by atoms with E-state index in [2.05, 4.69) is 48.5 Å². The molecule has 1 aliphatic rings. The van der Waals surface area contributed by atoms with Gasteiger partial charge in [-0.15, -0.1) is 23.5 Å². The van der Waals surface area contributed by atoms with Gasteiger partial charge in [0, 0.05) is 22.1 Å². The summed E-state index contributed by atoms with van der Waals surface area (Å²) in [5.74, 6) is 0.727. The van der Waals surface area contributed by atoms with Crippen LogP contribution in [0.4, 0.5) is 0 Å². The van der Waals surface area contributed by atoms with Gasteiger partial charge < -0.3 is 0 Å². The lowest BCUT2D eigenvalue weighted by molar-refractivity contribution is -0.124. The van der Waals surface area contributed by atoms with Crippen molar-refractivity contribution in [2.24, 2.45) is 5.92 Å². The minimum Gasteiger partial charge on any atom is -0.299 e. The predicted octanol–water partition coefficient (Wildman–Crippen LogP) is 6.05. The van der Waals surface area contributed by atoms with E-state index in [4.69, 9.17) is 0 Å². The summed E-state index contributed by atoms with van der Waals surface area (Å²) in [6.07, 6.45) is 5.11. The number of carbonyl (C=O) groups excluding carboxylic acids is 1. The molecule has 2 aromatic carbocycles. The van der Waals surface area contributed by atoms with Crippen molar-refractivity contribution in [3.05, 3.63) is 60.7 Å². The quantitative estimate of drug-likeness (QED) is 0.470. The Morgan fingerprint density at radius 3 is 1.96 bits per heavy atom. The van der Waals surface area contributed by atoms with E-state index in [1.165, 1.54) is 16.2 Å². The van der Waals surface area contributed by atoms with Gasteiger partial charge in [-0.3, -0.25) is 4.79 Å². The van der Waals surface area contributed by atoms with Crippen molar-refractivity contribution >= 4 is 29.3 Å². The van der Waals surface area contributed by atoms with Crippen LogP contribution in [0.5, 0.6) is 0 Å². The van der Waals surface area contributed by atoms with Gasteiger partial charge in [-0.25, -0.2) is 0 Å². The summed E-state index contributed by atoms with van der Waals surface area (Å²) >= 11 is 3.78. The largest absolute Gasteiger partial charge is 0.299 e. The maximum absolute atomic E-state index is 12.2. The van der Waals surface area contributed by atoms with Crippen LogP contribution in [0.1, 0.15) is 32.1 Å². The van der Waals surface area contributed by atoms with E-state index < -0.39 is 0 Å². The molecule has 3 heteroatoms. The number of thioether (sulfide) groups is 2. The predicted molar refractivity (Wildman–Crippen MR) is 100.0 cm³/mol. The van der Waals surface area contributed by atoms with Crippen molar-refractivity contribution in [1.82, 2.24) is 0 Å². The van der Waals surface area contributed by atoms with Gasteiger partial charge in [0.15, 0.2) is 0 Å². The number of rotatable bonds is 6. The van der Waals surface area contributed by atoms with Crippen LogP contribution in [0.15, 0.2) is 70.5 Å². The molecule has 0 saturated heterocycles. The summed E-state index contributed by atoms with van der Waals surface area (Å²) in [6, 6.07) is 21.1. The third-order valence-electron chi connectivity index (χ3n) is 4.18. The van der Waals surface area contributed by atoms with E-state index in [0.717, 1.165) is 25.7 Å². The molecule has 2 aromatic rings. The fourth-order valence-corrected chi connectivity index (χ4v) is 5.71. The van der Waals surface area contributed by atoms with Gasteiger partial charge in [-0.2, -0.15) is 0 Å². The monoisotopic (exact) mass is 342 g/mol. The van der Waals surface area contributed by atoms with Crippen LogP contribution in [-0.4, -0.2) is 10.4 Å². The van der Waals surface area contributed by atoms with Crippen LogP contribution in [0.3, 0.4) is 0 Å². The van der Waals surface area contributed by atoms with Gasteiger partial charge in [0.2, 0.25) is 0 Å². The first-order valence-electron chi connectivity index (χ1n) is 8.27. The van der Waals surface area contributed by atoms with E-state index >= 15 is 0 Å². The van der Waals surface area contributed by atoms with Crippen LogP contribution < -0.4 is 0 Å². The smallest absolute Gasteiger partial charge is 0.136 e. The summed E-state index contributed by atoms with van der Waals surface area (Å²) in [7, 11) is 0. The van der Waals surface area contributed by atoms with Crippen molar-refractivity contribution in [2.45, 2.75) is 46.5 Å². The molecule has 0 heterocycles. The van der Waals surface area contributed by atoms with Crippen LogP contribution in [-0.2, 0) is 4.79 Å². The van der Waals surface area contributed by atoms with Crippen LogP contribution in [0.25, 0.3) is 0 Å². The first kappa shape index (κ1) is 16.7. The van der Waals surface area contributed by atoms with Crippen molar-refractivity contribution in [2.75, 3.05) is 0 Å². The van der Waals surface area contributed by atoms with E-state index in [-0.39, 0.29) is 5.92 Å². The number of Topliss-reactive ketones (excluding diaryl/α,β-unsaturated/α-hetero) is 1. The Hall–Kier alpha value is -1.19. The number of ketones is 1. The third-order valence-corrected chi connectivity index (χ3v) is 6.76. The standard InChI is InChI=1S/C20H22OS2/c21-19-14-8-7-9-16(19)15-20(22-17-10-3-1-4-11-17)23-18-12-5-2-6-13-18/h1-6,10-13,16,20H,7-9,14-15H2. The van der Waals surface area contributed by atoms with Crippen molar-refractivity contribution in [1.29, 1.82) is 0 Å². The molecule has 23 heavy (non-hydrogen) atoms. The Kier molecular flexibility index (Phi) is 6.23. The minimum atomic E-state index is 0.251. The number of hydrogen-bond acceptors (Lipinski definition) is 3. The first-order valence-corrected chi connectivity index (χ1v) is 10.0. The Labute approximate surface area is 147 Å². The van der Waals surface area contributed by atoms with Crippen LogP contribution in [0, 0.1) is 5.92 Å². The Morgan fingerprint density at radius 2 is 1.43 bits per heavy atom. The molecule has 120 valence electrons. The van der Waals surface area contributed by atoms with Gasteiger partial charge in [0.05, 0.1) is 4.58 Å². The van der Waals surface area contributed by atoms with Crippen molar-refractivity contribution < 1.29 is 4.79 Å². The minimum absolute atomic E-state index is 0.251. The van der Waals surface area contributed by atoms with Crippen LogP contribution >= 0.6 is 23.5 Å². The first-order chi connectivity index (χ1) is 11.3. The average Bonchev–Trinajstić information content (AvgIpc) is 2.59. The topological polar surface area (TPSA) is 17.1 Å². The number of hydrogen-bond donors (Lipinski definition) is 0. The zero-order chi connectivity index (χ0) is 15.9. The zero-order valence-corrected chi connectivity index (χ0v) is 14.8. The molecule has 1 unspecified atom stereocenters. The highest BCUT2D eigenvalue weighted by molar-refractivity contribution is 8.17. The summed E-state index contributed by atoms with van der Waals surface area (Å²) in [4.78, 5) is 14.8. The Bertz CT molecular complexity index is 571. The molecule has 0 amide bonds. The van der Waals surface area contributed by atoms with Gasteiger partial charge in [-0.1, -0.05) is 42.8 Å². The van der Waals surface area contributed by atoms with E-state index in [9.17, 15) is 4.79 Å². The van der Waals surface area contributed by atoms with E-state index in [1.807, 2.05) is 35.7 Å². The van der Waals surface area contributed by atoms with Crippen LogP contribution in [0.2, 0.25) is 0 Å². The van der Waals surface area contributed by atoms with Gasteiger partial charge in [0.25, 0.3) is 0 Å². The highest BCUT2D eigenvalue weighted by atomic mass is 32.2. The Balaban J connectivity index is 1.71. The molecule has 0 aromatic heterocycles. The summed E-state index contributed by atoms with van der Waals surface area (Å²) in [5, 5.41) is 0. The van der Waals surface area contributed by atoms with Gasteiger partial charge in [0.1, 0.15) is 5.78 Å². The number of carbonyl (C=O) groups is 1.